The van der Waals surface area contributed by atoms with E-state index in [2.05, 4.69) is 12.1 Å². The van der Waals surface area contributed by atoms with Crippen molar-refractivity contribution < 1.29 is 5.11 Å². The van der Waals surface area contributed by atoms with Crippen LogP contribution >= 0.6 is 0 Å². The highest BCUT2D eigenvalue weighted by molar-refractivity contribution is 5.28. The molecule has 0 radical (unpaired) electrons. The van der Waals surface area contributed by atoms with Gasteiger partial charge in [0, 0.05) is 6.61 Å². The first-order valence-corrected chi connectivity index (χ1v) is 4.74. The lowest BCUT2D eigenvalue weighted by Gasteiger charge is -1.97. The fraction of sp³-hybridized carbons (Fsp3) is 0.455. The highest BCUT2D eigenvalue weighted by atomic mass is 16.3. The maximum Gasteiger partial charge on any atom is 0.0468 e. The molecule has 2 heteroatoms. The zero-order valence-electron chi connectivity index (χ0n) is 7.56. The predicted molar refractivity (Wildman–Crippen MR) is 52.3 cm³/mol. The Labute approximate surface area is 78.4 Å². The lowest BCUT2D eigenvalue weighted by atomic mass is 10.1. The number of aliphatic hydroxyl groups excluding tert-OH is 1. The molecule has 3 N–H and O–H groups in total. The first-order valence-electron chi connectivity index (χ1n) is 4.74. The first kappa shape index (κ1) is 8.73. The smallest absolute Gasteiger partial charge is 0.0468 e. The minimum atomic E-state index is 0.265. The zero-order valence-corrected chi connectivity index (χ0v) is 7.56. The molecule has 1 fully saturated rings. The third-order valence-electron chi connectivity index (χ3n) is 3.00. The summed E-state index contributed by atoms with van der Waals surface area (Å²) in [5, 5.41) is 9.08. The average Bonchev–Trinajstić information content (AvgIpc) is 2.92. The Hall–Kier alpha value is -0.860. The van der Waals surface area contributed by atoms with Crippen LogP contribution in [-0.4, -0.2) is 18.3 Å². The standard InChI is InChI=1S/C11H15NO/c12-6-9-10(7-13)11(9)8-4-2-1-3-5-8/h1-5,9-11,13H,6-7,12H2. The summed E-state index contributed by atoms with van der Waals surface area (Å²) >= 11 is 0. The second-order valence-corrected chi connectivity index (χ2v) is 3.68. The fourth-order valence-electron chi connectivity index (χ4n) is 2.19. The van der Waals surface area contributed by atoms with Gasteiger partial charge < -0.3 is 10.8 Å². The molecule has 2 nitrogen and oxygen atoms in total. The predicted octanol–water partition coefficient (Wildman–Crippen LogP) is 0.967. The Bertz CT molecular complexity index is 263. The van der Waals surface area contributed by atoms with Crippen molar-refractivity contribution in [1.82, 2.24) is 0 Å². The number of rotatable bonds is 3. The van der Waals surface area contributed by atoms with Crippen molar-refractivity contribution >= 4 is 0 Å². The van der Waals surface area contributed by atoms with Gasteiger partial charge in [0.15, 0.2) is 0 Å². The van der Waals surface area contributed by atoms with Crippen LogP contribution in [0.3, 0.4) is 0 Å². The summed E-state index contributed by atoms with van der Waals surface area (Å²) in [5.41, 5.74) is 6.93. The van der Waals surface area contributed by atoms with Crippen LogP contribution in [0.25, 0.3) is 0 Å². The molecule has 13 heavy (non-hydrogen) atoms. The summed E-state index contributed by atoms with van der Waals surface area (Å²) in [6.07, 6.45) is 0. The molecule has 0 aliphatic heterocycles. The van der Waals surface area contributed by atoms with E-state index in [4.69, 9.17) is 10.8 Å². The molecule has 0 saturated heterocycles. The van der Waals surface area contributed by atoms with E-state index in [1.807, 2.05) is 18.2 Å². The van der Waals surface area contributed by atoms with Crippen molar-refractivity contribution in [3.8, 4) is 0 Å². The minimum Gasteiger partial charge on any atom is -0.396 e. The summed E-state index contributed by atoms with van der Waals surface area (Å²) in [6.45, 7) is 0.951. The van der Waals surface area contributed by atoms with E-state index in [-0.39, 0.29) is 6.61 Å². The molecule has 1 aliphatic carbocycles. The molecule has 3 unspecified atom stereocenters. The number of benzene rings is 1. The van der Waals surface area contributed by atoms with E-state index in [0.29, 0.717) is 24.3 Å². The molecule has 0 aromatic heterocycles. The normalized spacial score (nSPS) is 31.7. The van der Waals surface area contributed by atoms with Crippen molar-refractivity contribution in [1.29, 1.82) is 0 Å². The van der Waals surface area contributed by atoms with Crippen molar-refractivity contribution in [2.24, 2.45) is 17.6 Å². The highest BCUT2D eigenvalue weighted by Crippen LogP contribution is 2.52. The van der Waals surface area contributed by atoms with Crippen molar-refractivity contribution in [2.45, 2.75) is 5.92 Å². The molecule has 0 bridgehead atoms. The fourth-order valence-corrected chi connectivity index (χ4v) is 2.19. The van der Waals surface area contributed by atoms with Gasteiger partial charge in [0.1, 0.15) is 0 Å². The van der Waals surface area contributed by atoms with Gasteiger partial charge in [0.05, 0.1) is 0 Å². The van der Waals surface area contributed by atoms with Gasteiger partial charge in [-0.3, -0.25) is 0 Å². The molecule has 1 aromatic rings. The van der Waals surface area contributed by atoms with Gasteiger partial charge in [0.25, 0.3) is 0 Å². The summed E-state index contributed by atoms with van der Waals surface area (Å²) < 4.78 is 0. The topological polar surface area (TPSA) is 46.2 Å². The van der Waals surface area contributed by atoms with Gasteiger partial charge in [-0.15, -0.1) is 0 Å². The Morgan fingerprint density at radius 2 is 1.85 bits per heavy atom. The Morgan fingerprint density at radius 3 is 2.31 bits per heavy atom. The van der Waals surface area contributed by atoms with Crippen molar-refractivity contribution in [2.75, 3.05) is 13.2 Å². The largest absolute Gasteiger partial charge is 0.396 e. The number of aliphatic hydroxyl groups is 1. The summed E-state index contributed by atoms with van der Waals surface area (Å²) in [7, 11) is 0. The van der Waals surface area contributed by atoms with Crippen LogP contribution in [0.1, 0.15) is 11.5 Å². The molecule has 0 amide bonds. The molecule has 70 valence electrons. The molecular weight excluding hydrogens is 162 g/mol. The molecular formula is C11H15NO. The van der Waals surface area contributed by atoms with Crippen LogP contribution in [0.2, 0.25) is 0 Å². The van der Waals surface area contributed by atoms with Gasteiger partial charge in [-0.2, -0.15) is 0 Å². The summed E-state index contributed by atoms with van der Waals surface area (Å²) in [4.78, 5) is 0. The van der Waals surface area contributed by atoms with E-state index in [0.717, 1.165) is 0 Å². The number of nitrogens with two attached hydrogens (primary N) is 1. The van der Waals surface area contributed by atoms with E-state index >= 15 is 0 Å². The molecule has 0 spiro atoms. The highest BCUT2D eigenvalue weighted by Gasteiger charge is 2.48. The van der Waals surface area contributed by atoms with Crippen molar-refractivity contribution in [3.05, 3.63) is 35.9 Å². The van der Waals surface area contributed by atoms with Crippen LogP contribution in [0.4, 0.5) is 0 Å². The molecule has 0 heterocycles. The summed E-state index contributed by atoms with van der Waals surface area (Å²) in [5.74, 6) is 1.39. The molecule has 1 aromatic carbocycles. The molecule has 1 saturated carbocycles. The van der Waals surface area contributed by atoms with E-state index in [9.17, 15) is 0 Å². The SMILES string of the molecule is NCC1C(CO)C1c1ccccc1. The maximum atomic E-state index is 9.08. The monoisotopic (exact) mass is 177 g/mol. The average molecular weight is 177 g/mol. The van der Waals surface area contributed by atoms with Crippen LogP contribution in [0, 0.1) is 11.8 Å². The van der Waals surface area contributed by atoms with E-state index in [1.54, 1.807) is 0 Å². The van der Waals surface area contributed by atoms with Crippen LogP contribution < -0.4 is 5.73 Å². The summed E-state index contributed by atoms with van der Waals surface area (Å²) in [6, 6.07) is 10.3. The van der Waals surface area contributed by atoms with Gasteiger partial charge >= 0.3 is 0 Å². The van der Waals surface area contributed by atoms with Crippen LogP contribution in [-0.2, 0) is 0 Å². The lowest BCUT2D eigenvalue weighted by Crippen LogP contribution is -2.04. The third kappa shape index (κ3) is 1.47. The number of hydrogen-bond acceptors (Lipinski definition) is 2. The van der Waals surface area contributed by atoms with E-state index in [1.165, 1.54) is 5.56 Å². The van der Waals surface area contributed by atoms with Crippen LogP contribution in [0.5, 0.6) is 0 Å². The lowest BCUT2D eigenvalue weighted by molar-refractivity contribution is 0.267. The van der Waals surface area contributed by atoms with Gasteiger partial charge in [-0.05, 0) is 29.9 Å². The molecule has 3 atom stereocenters. The van der Waals surface area contributed by atoms with Gasteiger partial charge in [-0.25, -0.2) is 0 Å². The second kappa shape index (κ2) is 3.48. The van der Waals surface area contributed by atoms with Gasteiger partial charge in [-0.1, -0.05) is 30.3 Å². The Balaban J connectivity index is 2.12. The first-order chi connectivity index (χ1) is 6.38. The maximum absolute atomic E-state index is 9.08. The minimum absolute atomic E-state index is 0.265. The third-order valence-corrected chi connectivity index (χ3v) is 3.00. The van der Waals surface area contributed by atoms with Crippen LogP contribution in [0.15, 0.2) is 30.3 Å². The van der Waals surface area contributed by atoms with Gasteiger partial charge in [0.2, 0.25) is 0 Å². The second-order valence-electron chi connectivity index (χ2n) is 3.68. The zero-order chi connectivity index (χ0) is 9.26. The molecule has 2 rings (SSSR count). The quantitative estimate of drug-likeness (QED) is 0.722. The number of hydrogen-bond donors (Lipinski definition) is 2. The molecule has 1 aliphatic rings. The van der Waals surface area contributed by atoms with E-state index < -0.39 is 0 Å². The van der Waals surface area contributed by atoms with Crippen molar-refractivity contribution in [3.63, 3.8) is 0 Å². The Morgan fingerprint density at radius 1 is 1.15 bits per heavy atom. The Kier molecular flexibility index (Phi) is 2.34.